The first-order valence-electron chi connectivity index (χ1n) is 7.49. The van der Waals surface area contributed by atoms with E-state index < -0.39 is 0 Å². The molecule has 0 aliphatic carbocycles. The second-order valence-electron chi connectivity index (χ2n) is 5.42. The van der Waals surface area contributed by atoms with Gasteiger partial charge in [-0.1, -0.05) is 39.3 Å². The van der Waals surface area contributed by atoms with Crippen LogP contribution in [0.2, 0.25) is 0 Å². The van der Waals surface area contributed by atoms with Crippen LogP contribution in [0.1, 0.15) is 40.0 Å². The predicted molar refractivity (Wildman–Crippen MR) is 89.3 cm³/mol. The van der Waals surface area contributed by atoms with Crippen molar-refractivity contribution in [3.63, 3.8) is 0 Å². The Bertz CT molecular complexity index is 507. The van der Waals surface area contributed by atoms with Gasteiger partial charge in [-0.15, -0.1) is 11.3 Å². The molecule has 2 rings (SSSR count). The number of rotatable bonds is 7. The molecule has 0 fully saturated rings. The van der Waals surface area contributed by atoms with E-state index in [2.05, 4.69) is 55.3 Å². The maximum atomic E-state index is 4.38. The van der Waals surface area contributed by atoms with Crippen LogP contribution in [0.15, 0.2) is 35.8 Å². The lowest BCUT2D eigenvalue weighted by Crippen LogP contribution is -2.21. The van der Waals surface area contributed by atoms with Crippen LogP contribution in [-0.2, 0) is 0 Å². The number of hydrogen-bond donors (Lipinski definition) is 1. The van der Waals surface area contributed by atoms with E-state index in [9.17, 15) is 0 Å². The van der Waals surface area contributed by atoms with Crippen molar-refractivity contribution in [2.75, 3.05) is 5.32 Å². The summed E-state index contributed by atoms with van der Waals surface area (Å²) in [5.41, 5.74) is 2.40. The van der Waals surface area contributed by atoms with Gasteiger partial charge in [0.2, 0.25) is 0 Å². The van der Waals surface area contributed by atoms with E-state index in [1.807, 2.05) is 11.6 Å². The van der Waals surface area contributed by atoms with Crippen molar-refractivity contribution in [3.8, 4) is 10.6 Å². The zero-order valence-electron chi connectivity index (χ0n) is 12.6. The highest BCUT2D eigenvalue weighted by Gasteiger charge is 2.11. The summed E-state index contributed by atoms with van der Waals surface area (Å²) in [4.78, 5) is 4.38. The number of aromatic nitrogens is 1. The number of nitrogens with one attached hydrogen (secondary N) is 1. The summed E-state index contributed by atoms with van der Waals surface area (Å²) < 4.78 is 0. The van der Waals surface area contributed by atoms with Gasteiger partial charge < -0.3 is 5.32 Å². The van der Waals surface area contributed by atoms with Gasteiger partial charge in [0, 0.05) is 28.9 Å². The van der Waals surface area contributed by atoms with Crippen molar-refractivity contribution in [1.82, 2.24) is 4.98 Å². The maximum absolute atomic E-state index is 4.38. The monoisotopic (exact) mass is 288 g/mol. The Hall–Kier alpha value is -1.35. The second-order valence-corrected chi connectivity index (χ2v) is 6.31. The molecule has 0 bridgehead atoms. The molecule has 2 aromatic rings. The second kappa shape index (κ2) is 7.44. The van der Waals surface area contributed by atoms with Crippen molar-refractivity contribution < 1.29 is 0 Å². The Morgan fingerprint density at radius 1 is 1.25 bits per heavy atom. The number of anilines is 1. The highest BCUT2D eigenvalue weighted by Crippen LogP contribution is 2.25. The molecule has 1 heterocycles. The first-order valence-corrected chi connectivity index (χ1v) is 8.37. The molecule has 0 amide bonds. The first kappa shape index (κ1) is 15.0. The highest BCUT2D eigenvalue weighted by atomic mass is 32.1. The lowest BCUT2D eigenvalue weighted by molar-refractivity contribution is 0.462. The van der Waals surface area contributed by atoms with Crippen LogP contribution in [-0.4, -0.2) is 11.0 Å². The molecule has 108 valence electrons. The summed E-state index contributed by atoms with van der Waals surface area (Å²) in [5, 5.41) is 6.78. The Balaban J connectivity index is 2.07. The average molecular weight is 288 g/mol. The Morgan fingerprint density at radius 3 is 2.75 bits per heavy atom. The van der Waals surface area contributed by atoms with Crippen molar-refractivity contribution >= 4 is 17.0 Å². The van der Waals surface area contributed by atoms with Crippen LogP contribution in [0.4, 0.5) is 5.69 Å². The molecule has 2 atom stereocenters. The van der Waals surface area contributed by atoms with Crippen LogP contribution in [0.5, 0.6) is 0 Å². The van der Waals surface area contributed by atoms with Gasteiger partial charge in [0.05, 0.1) is 0 Å². The Labute approximate surface area is 126 Å². The summed E-state index contributed by atoms with van der Waals surface area (Å²) in [6.07, 6.45) is 5.50. The minimum Gasteiger partial charge on any atom is -0.382 e. The zero-order chi connectivity index (χ0) is 14.4. The average Bonchev–Trinajstić information content (AvgIpc) is 3.01. The fraction of sp³-hybridized carbons (Fsp3) is 0.471. The SMILES string of the molecule is CCC(C)CC(CC)Nc1cccc(-c2nccs2)c1. The first-order chi connectivity index (χ1) is 9.72. The van der Waals surface area contributed by atoms with Gasteiger partial charge in [-0.05, 0) is 30.9 Å². The molecule has 0 saturated carbocycles. The van der Waals surface area contributed by atoms with Gasteiger partial charge in [-0.3, -0.25) is 0 Å². The summed E-state index contributed by atoms with van der Waals surface area (Å²) >= 11 is 1.68. The fourth-order valence-corrected chi connectivity index (χ4v) is 2.96. The molecule has 3 heteroatoms. The van der Waals surface area contributed by atoms with E-state index in [1.54, 1.807) is 11.3 Å². The van der Waals surface area contributed by atoms with Gasteiger partial charge in [-0.2, -0.15) is 0 Å². The fourth-order valence-electron chi connectivity index (χ4n) is 2.32. The molecule has 2 nitrogen and oxygen atoms in total. The topological polar surface area (TPSA) is 24.9 Å². The molecule has 1 aromatic heterocycles. The number of hydrogen-bond acceptors (Lipinski definition) is 3. The quantitative estimate of drug-likeness (QED) is 0.734. The largest absolute Gasteiger partial charge is 0.382 e. The van der Waals surface area contributed by atoms with E-state index in [-0.39, 0.29) is 0 Å². The van der Waals surface area contributed by atoms with Gasteiger partial charge in [-0.25, -0.2) is 4.98 Å². The smallest absolute Gasteiger partial charge is 0.123 e. The summed E-state index contributed by atoms with van der Waals surface area (Å²) in [7, 11) is 0. The van der Waals surface area contributed by atoms with Gasteiger partial charge >= 0.3 is 0 Å². The third kappa shape index (κ3) is 4.07. The molecule has 0 aliphatic heterocycles. The van der Waals surface area contributed by atoms with E-state index in [4.69, 9.17) is 0 Å². The standard InChI is InChI=1S/C17H24N2S/c1-4-13(3)11-15(5-2)19-16-8-6-7-14(12-16)17-18-9-10-20-17/h6-10,12-13,15,19H,4-5,11H2,1-3H3. The summed E-state index contributed by atoms with van der Waals surface area (Å²) in [6, 6.07) is 9.14. The van der Waals surface area contributed by atoms with Crippen LogP contribution in [0.3, 0.4) is 0 Å². The van der Waals surface area contributed by atoms with Gasteiger partial charge in [0.1, 0.15) is 5.01 Å². The van der Waals surface area contributed by atoms with Crippen LogP contribution < -0.4 is 5.32 Å². The van der Waals surface area contributed by atoms with Crippen molar-refractivity contribution in [2.45, 2.75) is 46.1 Å². The lowest BCUT2D eigenvalue weighted by Gasteiger charge is -2.21. The minimum atomic E-state index is 0.552. The van der Waals surface area contributed by atoms with E-state index in [0.717, 1.165) is 17.3 Å². The van der Waals surface area contributed by atoms with Crippen LogP contribution in [0, 0.1) is 5.92 Å². The van der Waals surface area contributed by atoms with Crippen molar-refractivity contribution in [3.05, 3.63) is 35.8 Å². The molecule has 2 unspecified atom stereocenters. The van der Waals surface area contributed by atoms with Crippen molar-refractivity contribution in [2.24, 2.45) is 5.92 Å². The molecular weight excluding hydrogens is 264 g/mol. The maximum Gasteiger partial charge on any atom is 0.123 e. The minimum absolute atomic E-state index is 0.552. The molecule has 20 heavy (non-hydrogen) atoms. The normalized spacial score (nSPS) is 13.9. The Kier molecular flexibility index (Phi) is 5.60. The molecule has 1 aromatic carbocycles. The number of thiazole rings is 1. The lowest BCUT2D eigenvalue weighted by atomic mass is 9.97. The molecule has 0 radical (unpaired) electrons. The van der Waals surface area contributed by atoms with Gasteiger partial charge in [0.15, 0.2) is 0 Å². The Morgan fingerprint density at radius 2 is 2.10 bits per heavy atom. The molecule has 0 spiro atoms. The molecular formula is C17H24N2S. The highest BCUT2D eigenvalue weighted by molar-refractivity contribution is 7.13. The summed E-state index contributed by atoms with van der Waals surface area (Å²) in [6.45, 7) is 6.85. The zero-order valence-corrected chi connectivity index (χ0v) is 13.4. The van der Waals surface area contributed by atoms with Crippen LogP contribution in [0.25, 0.3) is 10.6 Å². The van der Waals surface area contributed by atoms with Crippen LogP contribution >= 0.6 is 11.3 Å². The molecule has 0 saturated heterocycles. The van der Waals surface area contributed by atoms with E-state index >= 15 is 0 Å². The molecule has 0 aliphatic rings. The molecule has 1 N–H and O–H groups in total. The third-order valence-corrected chi connectivity index (χ3v) is 4.61. The summed E-state index contributed by atoms with van der Waals surface area (Å²) in [5.74, 6) is 0.773. The van der Waals surface area contributed by atoms with E-state index in [0.29, 0.717) is 6.04 Å². The van der Waals surface area contributed by atoms with E-state index in [1.165, 1.54) is 24.1 Å². The third-order valence-electron chi connectivity index (χ3n) is 3.79. The predicted octanol–water partition coefficient (Wildman–Crippen LogP) is 5.44. The van der Waals surface area contributed by atoms with Crippen molar-refractivity contribution in [1.29, 1.82) is 0 Å². The number of nitrogens with zero attached hydrogens (tertiary/aromatic N) is 1. The van der Waals surface area contributed by atoms with Gasteiger partial charge in [0.25, 0.3) is 0 Å². The number of benzene rings is 1.